The molecule has 0 spiro atoms. The van der Waals surface area contributed by atoms with E-state index in [1.807, 2.05) is 0 Å². The van der Waals surface area contributed by atoms with Gasteiger partial charge in [-0.2, -0.15) is 0 Å². The van der Waals surface area contributed by atoms with Crippen LogP contribution >= 0.6 is 0 Å². The summed E-state index contributed by atoms with van der Waals surface area (Å²) in [5.41, 5.74) is 6.07. The second-order valence-corrected chi connectivity index (χ2v) is 6.10. The molecular weight excluding hydrogens is 258 g/mol. The molecule has 0 amide bonds. The van der Waals surface area contributed by atoms with E-state index in [1.165, 1.54) is 0 Å². The number of nitrogens with two attached hydrogens (primary N) is 1. The largest absolute Gasteiger partial charge is 0.492 e. The molecule has 102 valence electrons. The van der Waals surface area contributed by atoms with Gasteiger partial charge in [-0.15, -0.1) is 0 Å². The summed E-state index contributed by atoms with van der Waals surface area (Å²) in [7, 11) is -3.44. The molecular formula is C11H17NO5S. The second kappa shape index (κ2) is 6.58. The average molecular weight is 275 g/mol. The van der Waals surface area contributed by atoms with E-state index < -0.39 is 28.3 Å². The maximum atomic E-state index is 11.5. The molecule has 0 aliphatic heterocycles. The summed E-state index contributed by atoms with van der Waals surface area (Å²) in [5, 5.41) is 17.6. The topological polar surface area (TPSA) is 110 Å². The number of nitrogen functional groups attached to an aromatic ring is 1. The van der Waals surface area contributed by atoms with Crippen LogP contribution in [0.5, 0.6) is 5.75 Å². The van der Waals surface area contributed by atoms with Crippen LogP contribution in [0.25, 0.3) is 0 Å². The molecule has 7 heteroatoms. The van der Waals surface area contributed by atoms with Crippen LogP contribution in [-0.2, 0) is 9.84 Å². The third-order valence-corrected chi connectivity index (χ3v) is 3.86. The zero-order chi connectivity index (χ0) is 13.6. The van der Waals surface area contributed by atoms with E-state index >= 15 is 0 Å². The molecule has 0 fully saturated rings. The Morgan fingerprint density at radius 2 is 2.11 bits per heavy atom. The maximum absolute atomic E-state index is 11.5. The van der Waals surface area contributed by atoms with Gasteiger partial charge in [-0.05, 0) is 12.1 Å². The third-order valence-electron chi connectivity index (χ3n) is 2.18. The molecule has 18 heavy (non-hydrogen) atoms. The van der Waals surface area contributed by atoms with Crippen molar-refractivity contribution in [2.24, 2.45) is 0 Å². The van der Waals surface area contributed by atoms with Crippen molar-refractivity contribution in [3.63, 3.8) is 0 Å². The summed E-state index contributed by atoms with van der Waals surface area (Å²) in [6, 6.07) is 6.66. The summed E-state index contributed by atoms with van der Waals surface area (Å²) >= 11 is 0. The molecule has 0 bridgehead atoms. The Labute approximate surface area is 106 Å². The standard InChI is InChI=1S/C11H17NO5S/c12-9-2-1-3-11(6-9)17-4-5-18(15,16)8-10(14)7-13/h1-3,6,10,13-14H,4-5,7-8,12H2. The van der Waals surface area contributed by atoms with Crippen LogP contribution in [0, 0.1) is 0 Å². The van der Waals surface area contributed by atoms with Gasteiger partial charge in [0, 0.05) is 11.8 Å². The lowest BCUT2D eigenvalue weighted by Crippen LogP contribution is -2.27. The van der Waals surface area contributed by atoms with E-state index in [1.54, 1.807) is 24.3 Å². The van der Waals surface area contributed by atoms with Gasteiger partial charge in [-0.3, -0.25) is 0 Å². The number of hydrogen-bond acceptors (Lipinski definition) is 6. The molecule has 0 aliphatic rings. The molecule has 4 N–H and O–H groups in total. The van der Waals surface area contributed by atoms with E-state index in [9.17, 15) is 8.42 Å². The molecule has 1 aromatic carbocycles. The summed E-state index contributed by atoms with van der Waals surface area (Å²) in [6.45, 7) is -0.598. The van der Waals surface area contributed by atoms with Crippen molar-refractivity contribution in [2.75, 3.05) is 30.5 Å². The molecule has 1 atom stereocenters. The van der Waals surface area contributed by atoms with Crippen LogP contribution in [0.2, 0.25) is 0 Å². The molecule has 0 aliphatic carbocycles. The lowest BCUT2D eigenvalue weighted by molar-refractivity contribution is 0.112. The fourth-order valence-electron chi connectivity index (χ4n) is 1.32. The quantitative estimate of drug-likeness (QED) is 0.574. The van der Waals surface area contributed by atoms with Crippen LogP contribution in [0.1, 0.15) is 0 Å². The Bertz CT molecular complexity index is 474. The number of aliphatic hydroxyl groups excluding tert-OH is 2. The summed E-state index contributed by atoms with van der Waals surface area (Å²) in [4.78, 5) is 0. The first-order valence-corrected chi connectivity index (χ1v) is 7.23. The highest BCUT2D eigenvalue weighted by Gasteiger charge is 2.16. The van der Waals surface area contributed by atoms with E-state index in [0.29, 0.717) is 11.4 Å². The second-order valence-electron chi connectivity index (χ2n) is 3.87. The van der Waals surface area contributed by atoms with Crippen molar-refractivity contribution in [2.45, 2.75) is 6.10 Å². The van der Waals surface area contributed by atoms with Crippen molar-refractivity contribution in [3.8, 4) is 5.75 Å². The first kappa shape index (κ1) is 14.7. The van der Waals surface area contributed by atoms with E-state index in [-0.39, 0.29) is 12.4 Å². The van der Waals surface area contributed by atoms with Gasteiger partial charge in [0.05, 0.1) is 24.2 Å². The molecule has 1 unspecified atom stereocenters. The van der Waals surface area contributed by atoms with Crippen molar-refractivity contribution < 1.29 is 23.4 Å². The minimum absolute atomic E-state index is 0.0239. The lowest BCUT2D eigenvalue weighted by Gasteiger charge is -2.09. The zero-order valence-corrected chi connectivity index (χ0v) is 10.6. The van der Waals surface area contributed by atoms with Gasteiger partial charge in [0.2, 0.25) is 0 Å². The van der Waals surface area contributed by atoms with Crippen LogP contribution < -0.4 is 10.5 Å². The highest BCUT2D eigenvalue weighted by Crippen LogP contribution is 2.14. The minimum atomic E-state index is -3.44. The van der Waals surface area contributed by atoms with E-state index in [4.69, 9.17) is 20.7 Å². The predicted octanol–water partition coefficient (Wildman–Crippen LogP) is -0.584. The first-order chi connectivity index (χ1) is 8.43. The maximum Gasteiger partial charge on any atom is 0.156 e. The Kier molecular flexibility index (Phi) is 5.39. The lowest BCUT2D eigenvalue weighted by atomic mass is 10.3. The first-order valence-electron chi connectivity index (χ1n) is 5.40. The minimum Gasteiger partial charge on any atom is -0.492 e. The fourth-order valence-corrected chi connectivity index (χ4v) is 2.52. The third kappa shape index (κ3) is 5.35. The number of rotatable bonds is 7. The van der Waals surface area contributed by atoms with Gasteiger partial charge in [-0.1, -0.05) is 6.07 Å². The molecule has 0 saturated heterocycles. The molecule has 0 saturated carbocycles. The number of ether oxygens (including phenoxy) is 1. The molecule has 0 aromatic heterocycles. The number of benzene rings is 1. The number of aliphatic hydroxyl groups is 2. The summed E-state index contributed by atoms with van der Waals surface area (Å²) in [6.07, 6.45) is -1.25. The highest BCUT2D eigenvalue weighted by atomic mass is 32.2. The van der Waals surface area contributed by atoms with Crippen LogP contribution in [0.15, 0.2) is 24.3 Å². The molecule has 6 nitrogen and oxygen atoms in total. The Morgan fingerprint density at radius 1 is 1.39 bits per heavy atom. The van der Waals surface area contributed by atoms with Crippen LogP contribution in [0.3, 0.4) is 0 Å². The molecule has 1 aromatic rings. The number of sulfone groups is 1. The zero-order valence-electron chi connectivity index (χ0n) is 9.82. The molecule has 1 rings (SSSR count). The van der Waals surface area contributed by atoms with Crippen molar-refractivity contribution in [1.82, 2.24) is 0 Å². The van der Waals surface area contributed by atoms with Crippen molar-refractivity contribution in [3.05, 3.63) is 24.3 Å². The van der Waals surface area contributed by atoms with E-state index in [2.05, 4.69) is 0 Å². The Hall–Kier alpha value is -1.31. The predicted molar refractivity (Wildman–Crippen MR) is 68.1 cm³/mol. The van der Waals surface area contributed by atoms with Crippen LogP contribution in [-0.4, -0.2) is 49.5 Å². The van der Waals surface area contributed by atoms with Crippen molar-refractivity contribution >= 4 is 15.5 Å². The number of hydrogen-bond donors (Lipinski definition) is 3. The summed E-state index contributed by atoms with van der Waals surface area (Å²) in [5.74, 6) is -0.198. The van der Waals surface area contributed by atoms with Gasteiger partial charge >= 0.3 is 0 Å². The Balaban J connectivity index is 2.42. The normalized spacial score (nSPS) is 13.2. The van der Waals surface area contributed by atoms with Gasteiger partial charge in [0.25, 0.3) is 0 Å². The van der Waals surface area contributed by atoms with Gasteiger partial charge in [-0.25, -0.2) is 8.42 Å². The van der Waals surface area contributed by atoms with Gasteiger partial charge in [0.15, 0.2) is 9.84 Å². The molecule has 0 heterocycles. The number of anilines is 1. The fraction of sp³-hybridized carbons (Fsp3) is 0.455. The SMILES string of the molecule is Nc1cccc(OCCS(=O)(=O)CC(O)CO)c1. The Morgan fingerprint density at radius 3 is 2.72 bits per heavy atom. The summed E-state index contributed by atoms with van der Waals surface area (Å²) < 4.78 is 28.2. The van der Waals surface area contributed by atoms with Gasteiger partial charge in [0.1, 0.15) is 12.4 Å². The highest BCUT2D eigenvalue weighted by molar-refractivity contribution is 7.91. The van der Waals surface area contributed by atoms with Crippen molar-refractivity contribution in [1.29, 1.82) is 0 Å². The monoisotopic (exact) mass is 275 g/mol. The average Bonchev–Trinajstić information content (AvgIpc) is 2.28. The molecule has 0 radical (unpaired) electrons. The van der Waals surface area contributed by atoms with Crippen LogP contribution in [0.4, 0.5) is 5.69 Å². The van der Waals surface area contributed by atoms with Gasteiger partial charge < -0.3 is 20.7 Å². The van der Waals surface area contributed by atoms with E-state index in [0.717, 1.165) is 0 Å². The smallest absolute Gasteiger partial charge is 0.156 e.